The van der Waals surface area contributed by atoms with Crippen molar-refractivity contribution in [1.82, 2.24) is 9.80 Å². The molecule has 12 heteroatoms. The predicted octanol–water partition coefficient (Wildman–Crippen LogP) is 4.04. The number of hydrogen-bond acceptors (Lipinski definition) is 9. The first-order valence-electron chi connectivity index (χ1n) is 11.9. The van der Waals surface area contributed by atoms with E-state index in [0.717, 1.165) is 0 Å². The molecule has 0 saturated carbocycles. The Labute approximate surface area is 217 Å². The molecule has 200 valence electrons. The number of rotatable bonds is 9. The van der Waals surface area contributed by atoms with E-state index < -0.39 is 21.3 Å². The molecular formula is C24H34ClN3O7S. The summed E-state index contributed by atoms with van der Waals surface area (Å²) in [7, 11) is -0.226. The summed E-state index contributed by atoms with van der Waals surface area (Å²) >= 11 is 6.42. The van der Waals surface area contributed by atoms with Crippen LogP contribution in [0.4, 0.5) is 4.79 Å². The van der Waals surface area contributed by atoms with Crippen LogP contribution in [0.2, 0.25) is 5.02 Å². The normalized spacial score (nSPS) is 19.8. The number of likely N-dealkylation sites (tertiary alicyclic amines) is 1. The summed E-state index contributed by atoms with van der Waals surface area (Å²) in [6.07, 6.45) is 2.08. The molecule has 0 aromatic heterocycles. The topological polar surface area (TPSA) is 107 Å². The molecule has 1 aromatic carbocycles. The SMILES string of the molecule is CCOC(=O)N1CCC(OC2=C(OC)C(Oc3ccc(S(=O)(=O)C(C)CC)cc3Cl)N(C)C=N2)CC1. The van der Waals surface area contributed by atoms with Gasteiger partial charge in [0.05, 0.1) is 35.2 Å². The van der Waals surface area contributed by atoms with E-state index in [1.54, 1.807) is 37.0 Å². The number of amides is 1. The van der Waals surface area contributed by atoms with Crippen LogP contribution in [0.25, 0.3) is 0 Å². The van der Waals surface area contributed by atoms with E-state index in [0.29, 0.717) is 50.5 Å². The van der Waals surface area contributed by atoms with Crippen LogP contribution in [0.3, 0.4) is 0 Å². The minimum absolute atomic E-state index is 0.147. The molecule has 2 aliphatic rings. The van der Waals surface area contributed by atoms with Crippen molar-refractivity contribution in [1.29, 1.82) is 0 Å². The molecule has 0 spiro atoms. The summed E-state index contributed by atoms with van der Waals surface area (Å²) in [4.78, 5) is 19.8. The Bertz CT molecular complexity index is 1100. The molecule has 0 N–H and O–H groups in total. The number of likely N-dealkylation sites (N-methyl/N-ethyl adjacent to an activating group) is 1. The van der Waals surface area contributed by atoms with E-state index in [1.807, 2.05) is 6.92 Å². The molecule has 2 atom stereocenters. The van der Waals surface area contributed by atoms with Gasteiger partial charge in [-0.05, 0) is 38.5 Å². The molecule has 3 rings (SSSR count). The van der Waals surface area contributed by atoms with Crippen LogP contribution in [0.5, 0.6) is 5.75 Å². The first-order valence-corrected chi connectivity index (χ1v) is 13.9. The third-order valence-electron chi connectivity index (χ3n) is 6.20. The van der Waals surface area contributed by atoms with E-state index in [4.69, 9.17) is 30.5 Å². The molecule has 2 aliphatic heterocycles. The molecule has 1 aromatic rings. The van der Waals surface area contributed by atoms with E-state index in [2.05, 4.69) is 4.99 Å². The first kappa shape index (κ1) is 27.9. The van der Waals surface area contributed by atoms with Gasteiger partial charge in [0.2, 0.25) is 12.0 Å². The molecule has 2 heterocycles. The number of hydrogen-bond donors (Lipinski definition) is 0. The summed E-state index contributed by atoms with van der Waals surface area (Å²) in [6.45, 7) is 6.64. The Morgan fingerprint density at radius 2 is 1.92 bits per heavy atom. The third-order valence-corrected chi connectivity index (χ3v) is 8.80. The fourth-order valence-corrected chi connectivity index (χ4v) is 5.56. The van der Waals surface area contributed by atoms with Crippen LogP contribution in [-0.2, 0) is 24.0 Å². The van der Waals surface area contributed by atoms with Crippen molar-refractivity contribution in [2.24, 2.45) is 4.99 Å². The average molecular weight is 544 g/mol. The van der Waals surface area contributed by atoms with Crippen LogP contribution in [0.1, 0.15) is 40.0 Å². The Hall–Kier alpha value is -2.66. The number of ether oxygens (including phenoxy) is 4. The maximum absolute atomic E-state index is 12.7. The van der Waals surface area contributed by atoms with Gasteiger partial charge in [-0.1, -0.05) is 18.5 Å². The minimum Gasteiger partial charge on any atom is -0.491 e. The lowest BCUT2D eigenvalue weighted by molar-refractivity contribution is 0.0124. The Kier molecular flexibility index (Phi) is 9.35. The molecule has 0 bridgehead atoms. The van der Waals surface area contributed by atoms with Crippen molar-refractivity contribution in [3.8, 4) is 5.75 Å². The lowest BCUT2D eigenvalue weighted by Crippen LogP contribution is -2.43. The number of aliphatic imine (C=N–C) groups is 1. The lowest BCUT2D eigenvalue weighted by Gasteiger charge is -2.34. The number of methoxy groups -OCH3 is 1. The van der Waals surface area contributed by atoms with Gasteiger partial charge >= 0.3 is 6.09 Å². The average Bonchev–Trinajstić information content (AvgIpc) is 2.87. The lowest BCUT2D eigenvalue weighted by atomic mass is 10.1. The molecule has 0 aliphatic carbocycles. The predicted molar refractivity (Wildman–Crippen MR) is 136 cm³/mol. The van der Waals surface area contributed by atoms with Gasteiger partial charge < -0.3 is 28.7 Å². The number of benzene rings is 1. The van der Waals surface area contributed by atoms with Crippen LogP contribution < -0.4 is 4.74 Å². The number of halogens is 1. The van der Waals surface area contributed by atoms with E-state index in [1.165, 1.54) is 25.3 Å². The Morgan fingerprint density at radius 1 is 1.22 bits per heavy atom. The van der Waals surface area contributed by atoms with Crippen LogP contribution >= 0.6 is 11.6 Å². The van der Waals surface area contributed by atoms with E-state index >= 15 is 0 Å². The molecule has 1 saturated heterocycles. The highest BCUT2D eigenvalue weighted by molar-refractivity contribution is 7.92. The highest BCUT2D eigenvalue weighted by Gasteiger charge is 2.33. The summed E-state index contributed by atoms with van der Waals surface area (Å²) in [5, 5.41) is -0.354. The Morgan fingerprint density at radius 3 is 2.50 bits per heavy atom. The largest absolute Gasteiger partial charge is 0.491 e. The zero-order valence-electron chi connectivity index (χ0n) is 21.3. The molecule has 2 unspecified atom stereocenters. The van der Waals surface area contributed by atoms with Crippen molar-refractivity contribution in [3.05, 3.63) is 34.9 Å². The smallest absolute Gasteiger partial charge is 0.409 e. The maximum Gasteiger partial charge on any atom is 0.409 e. The zero-order valence-corrected chi connectivity index (χ0v) is 22.8. The van der Waals surface area contributed by atoms with Crippen molar-refractivity contribution >= 4 is 33.9 Å². The van der Waals surface area contributed by atoms with Gasteiger partial charge in [-0.25, -0.2) is 18.2 Å². The fraction of sp³-hybridized carbons (Fsp3) is 0.583. The summed E-state index contributed by atoms with van der Waals surface area (Å²) < 4.78 is 48.3. The van der Waals surface area contributed by atoms with Gasteiger partial charge in [-0.3, -0.25) is 0 Å². The van der Waals surface area contributed by atoms with E-state index in [9.17, 15) is 13.2 Å². The number of sulfone groups is 1. The van der Waals surface area contributed by atoms with Crippen LogP contribution in [0.15, 0.2) is 39.7 Å². The quantitative estimate of drug-likeness (QED) is 0.459. The summed E-state index contributed by atoms with van der Waals surface area (Å²) in [5.41, 5.74) is 0. The minimum atomic E-state index is -3.48. The standard InChI is InChI=1S/C24H34ClN3O7S/c1-6-16(3)36(30,31)18-8-9-20(19(25)14-18)35-23-21(32-5)22(26-15-27(23)4)34-17-10-12-28(13-11-17)24(29)33-7-2/h8-9,14-17,23H,6-7,10-13H2,1-5H3. The Balaban J connectivity index is 1.74. The first-order chi connectivity index (χ1) is 17.1. The van der Waals surface area contributed by atoms with Gasteiger partial charge in [-0.15, -0.1) is 0 Å². The monoisotopic (exact) mass is 543 g/mol. The van der Waals surface area contributed by atoms with Crippen molar-refractivity contribution in [3.63, 3.8) is 0 Å². The highest BCUT2D eigenvalue weighted by Crippen LogP contribution is 2.33. The summed E-state index contributed by atoms with van der Waals surface area (Å²) in [6, 6.07) is 4.43. The van der Waals surface area contributed by atoms with E-state index in [-0.39, 0.29) is 28.0 Å². The number of nitrogens with zero attached hydrogens (tertiary/aromatic N) is 3. The van der Waals surface area contributed by atoms with Gasteiger partial charge in [0.1, 0.15) is 11.9 Å². The number of piperidine rings is 1. The van der Waals surface area contributed by atoms with Crippen molar-refractivity contribution in [2.45, 2.75) is 62.5 Å². The zero-order chi connectivity index (χ0) is 26.5. The second-order valence-electron chi connectivity index (χ2n) is 8.61. The second kappa shape index (κ2) is 12.1. The molecule has 1 amide bonds. The molecule has 1 fully saturated rings. The van der Waals surface area contributed by atoms with Gasteiger partial charge in [0, 0.05) is 33.0 Å². The van der Waals surface area contributed by atoms with Gasteiger partial charge in [0.25, 0.3) is 5.88 Å². The fourth-order valence-electron chi connectivity index (χ4n) is 3.83. The highest BCUT2D eigenvalue weighted by atomic mass is 35.5. The number of carbonyl (C=O) groups is 1. The summed E-state index contributed by atoms with van der Waals surface area (Å²) in [5.74, 6) is 0.922. The maximum atomic E-state index is 12.7. The van der Waals surface area contributed by atoms with Gasteiger partial charge in [-0.2, -0.15) is 0 Å². The molecule has 10 nitrogen and oxygen atoms in total. The molecular weight excluding hydrogens is 510 g/mol. The van der Waals surface area contributed by atoms with Gasteiger partial charge in [0.15, 0.2) is 9.84 Å². The van der Waals surface area contributed by atoms with Crippen LogP contribution in [0, 0.1) is 0 Å². The second-order valence-corrected chi connectivity index (χ2v) is 11.4. The van der Waals surface area contributed by atoms with Crippen LogP contribution in [-0.4, -0.2) is 82.1 Å². The molecule has 36 heavy (non-hydrogen) atoms. The number of carbonyl (C=O) groups excluding carboxylic acids is 1. The van der Waals surface area contributed by atoms with Crippen molar-refractivity contribution in [2.75, 3.05) is 33.9 Å². The molecule has 0 radical (unpaired) electrons. The van der Waals surface area contributed by atoms with Crippen molar-refractivity contribution < 1.29 is 32.2 Å². The third kappa shape index (κ3) is 6.18.